The Morgan fingerprint density at radius 2 is 2.21 bits per heavy atom. The van der Waals surface area contributed by atoms with Gasteiger partial charge in [-0.3, -0.25) is 9.42 Å². The molecule has 7 heteroatoms. The second-order valence-electron chi connectivity index (χ2n) is 3.33. The minimum absolute atomic E-state index is 0.508. The Morgan fingerprint density at radius 3 is 2.64 bits per heavy atom. The van der Waals surface area contributed by atoms with Gasteiger partial charge in [-0.1, -0.05) is 0 Å². The summed E-state index contributed by atoms with van der Waals surface area (Å²) >= 11 is 0. The van der Waals surface area contributed by atoms with E-state index in [0.717, 1.165) is 20.0 Å². The zero-order valence-electron chi connectivity index (χ0n) is 8.17. The Balaban J connectivity index is 2.35. The predicted octanol–water partition coefficient (Wildman–Crippen LogP) is 1.21. The molecule has 0 aliphatic heterocycles. The summed E-state index contributed by atoms with van der Waals surface area (Å²) in [5.74, 6) is 0.508. The maximum Gasteiger partial charge on any atom is 0.530 e. The van der Waals surface area contributed by atoms with Crippen LogP contribution in [0.15, 0.2) is 0 Å². The van der Waals surface area contributed by atoms with E-state index in [2.05, 4.69) is 9.05 Å². The summed E-state index contributed by atoms with van der Waals surface area (Å²) in [5, 5.41) is 0. The molecule has 1 N–H and O–H groups in total. The summed E-state index contributed by atoms with van der Waals surface area (Å²) in [5.41, 5.74) is 0. The second kappa shape index (κ2) is 4.29. The van der Waals surface area contributed by atoms with Crippen molar-refractivity contribution in [1.82, 2.24) is 4.90 Å². The first-order valence-electron chi connectivity index (χ1n) is 4.28. The van der Waals surface area contributed by atoms with Crippen molar-refractivity contribution in [1.29, 1.82) is 0 Å². The van der Waals surface area contributed by atoms with Crippen molar-refractivity contribution in [2.45, 2.75) is 12.8 Å². The third-order valence-corrected chi connectivity index (χ3v) is 2.81. The van der Waals surface area contributed by atoms with E-state index in [1.54, 1.807) is 0 Å². The molecule has 14 heavy (non-hydrogen) atoms. The number of nitrogens with zero attached hydrogens (tertiary/aromatic N) is 1. The van der Waals surface area contributed by atoms with E-state index in [4.69, 9.17) is 4.89 Å². The lowest BCUT2D eigenvalue weighted by Gasteiger charge is -2.17. The van der Waals surface area contributed by atoms with Crippen molar-refractivity contribution < 1.29 is 23.3 Å². The average Bonchev–Trinajstić information content (AvgIpc) is 2.87. The molecule has 1 atom stereocenters. The quantitative estimate of drug-likeness (QED) is 0.725. The molecule has 1 aliphatic carbocycles. The van der Waals surface area contributed by atoms with Gasteiger partial charge >= 0.3 is 13.9 Å². The van der Waals surface area contributed by atoms with Crippen molar-refractivity contribution in [2.24, 2.45) is 5.92 Å². The normalized spacial score (nSPS) is 19.9. The van der Waals surface area contributed by atoms with Crippen molar-refractivity contribution in [2.75, 3.05) is 20.7 Å². The molecule has 0 spiro atoms. The number of hydrogen-bond donors (Lipinski definition) is 1. The summed E-state index contributed by atoms with van der Waals surface area (Å²) in [6, 6.07) is 0. The van der Waals surface area contributed by atoms with Crippen molar-refractivity contribution in [3.8, 4) is 0 Å². The molecule has 1 fully saturated rings. The molecule has 0 aromatic rings. The van der Waals surface area contributed by atoms with E-state index in [-0.39, 0.29) is 0 Å². The Bertz CT molecular complexity index is 265. The number of hydrogen-bond acceptors (Lipinski definition) is 4. The van der Waals surface area contributed by atoms with Crippen LogP contribution in [0.4, 0.5) is 4.79 Å². The lowest BCUT2D eigenvalue weighted by atomic mass is 10.4. The predicted molar refractivity (Wildman–Crippen MR) is 48.7 cm³/mol. The highest BCUT2D eigenvalue weighted by atomic mass is 31.2. The van der Waals surface area contributed by atoms with E-state index in [0.29, 0.717) is 12.5 Å². The van der Waals surface area contributed by atoms with Crippen LogP contribution in [0.5, 0.6) is 0 Å². The lowest BCUT2D eigenvalue weighted by Crippen LogP contribution is -2.28. The topological polar surface area (TPSA) is 76.1 Å². The van der Waals surface area contributed by atoms with Gasteiger partial charge in [0, 0.05) is 20.7 Å². The van der Waals surface area contributed by atoms with Crippen LogP contribution >= 0.6 is 7.82 Å². The molecule has 0 heterocycles. The number of phosphoric acid groups is 1. The molecule has 6 nitrogen and oxygen atoms in total. The first-order valence-corrected chi connectivity index (χ1v) is 5.77. The molecule has 0 aromatic carbocycles. The first-order chi connectivity index (χ1) is 6.44. The van der Waals surface area contributed by atoms with Gasteiger partial charge in [0.2, 0.25) is 0 Å². The number of rotatable bonds is 4. The minimum Gasteiger partial charge on any atom is -0.353 e. The Morgan fingerprint density at radius 1 is 1.64 bits per heavy atom. The van der Waals surface area contributed by atoms with Crippen LogP contribution in [0.25, 0.3) is 0 Å². The van der Waals surface area contributed by atoms with E-state index >= 15 is 0 Å². The molecule has 1 aliphatic rings. The fourth-order valence-electron chi connectivity index (χ4n) is 0.968. The first kappa shape index (κ1) is 11.5. The van der Waals surface area contributed by atoms with Crippen LogP contribution in [0.1, 0.15) is 12.8 Å². The Kier molecular flexibility index (Phi) is 3.53. The minimum atomic E-state index is -4.20. The zero-order valence-corrected chi connectivity index (χ0v) is 9.07. The number of phosphoric ester groups is 1. The molecular weight excluding hydrogens is 209 g/mol. The molecule has 1 unspecified atom stereocenters. The Labute approximate surface area is 82.4 Å². The van der Waals surface area contributed by atoms with Gasteiger partial charge < -0.3 is 9.42 Å². The highest BCUT2D eigenvalue weighted by Gasteiger charge is 2.30. The van der Waals surface area contributed by atoms with Gasteiger partial charge in [-0.15, -0.1) is 0 Å². The summed E-state index contributed by atoms with van der Waals surface area (Å²) in [7, 11) is -1.66. The fourth-order valence-corrected chi connectivity index (χ4v) is 1.38. The van der Waals surface area contributed by atoms with Crippen LogP contribution in [-0.4, -0.2) is 36.6 Å². The Hall–Kier alpha value is -0.580. The van der Waals surface area contributed by atoms with Crippen LogP contribution in [-0.2, 0) is 13.6 Å². The molecule has 1 amide bonds. The van der Waals surface area contributed by atoms with E-state index in [9.17, 15) is 9.36 Å². The number of carbonyl (C=O) groups excluding carboxylic acids is 1. The lowest BCUT2D eigenvalue weighted by molar-refractivity contribution is 0.135. The van der Waals surface area contributed by atoms with E-state index in [1.165, 1.54) is 11.9 Å². The summed E-state index contributed by atoms with van der Waals surface area (Å²) < 4.78 is 19.2. The smallest absolute Gasteiger partial charge is 0.353 e. The van der Waals surface area contributed by atoms with Gasteiger partial charge in [-0.25, -0.2) is 9.36 Å². The summed E-state index contributed by atoms with van der Waals surface area (Å²) in [6.07, 6.45) is 1.36. The monoisotopic (exact) mass is 223 g/mol. The van der Waals surface area contributed by atoms with Gasteiger partial charge in [0.25, 0.3) is 0 Å². The molecule has 1 rings (SSSR count). The van der Waals surface area contributed by atoms with Crippen molar-refractivity contribution >= 4 is 13.9 Å². The maximum absolute atomic E-state index is 11.2. The van der Waals surface area contributed by atoms with Gasteiger partial charge in [-0.2, -0.15) is 0 Å². The summed E-state index contributed by atoms with van der Waals surface area (Å²) in [6.45, 7) is 0.558. The van der Waals surface area contributed by atoms with Crippen LogP contribution in [0.2, 0.25) is 0 Å². The molecule has 0 bridgehead atoms. The van der Waals surface area contributed by atoms with Crippen molar-refractivity contribution in [3.63, 3.8) is 0 Å². The van der Waals surface area contributed by atoms with E-state index < -0.39 is 13.9 Å². The second-order valence-corrected chi connectivity index (χ2v) is 4.82. The standard InChI is InChI=1S/C7H14NO5P/c1-8(5-6-3-4-6)7(9)13-14(10,11)12-2/h6H,3-5H2,1-2H3,(H,10,11). The third-order valence-electron chi connectivity index (χ3n) is 1.96. The molecule has 0 aromatic heterocycles. The van der Waals surface area contributed by atoms with Gasteiger partial charge in [0.15, 0.2) is 0 Å². The van der Waals surface area contributed by atoms with Gasteiger partial charge in [0.1, 0.15) is 0 Å². The highest BCUT2D eigenvalue weighted by Crippen LogP contribution is 2.42. The third kappa shape index (κ3) is 3.65. The van der Waals surface area contributed by atoms with Crippen LogP contribution in [0.3, 0.4) is 0 Å². The maximum atomic E-state index is 11.2. The largest absolute Gasteiger partial charge is 0.530 e. The number of carbonyl (C=O) groups is 1. The highest BCUT2D eigenvalue weighted by molar-refractivity contribution is 7.47. The SMILES string of the molecule is COP(=O)(O)OC(=O)N(C)CC1CC1. The molecule has 1 saturated carbocycles. The molecule has 0 saturated heterocycles. The zero-order chi connectivity index (χ0) is 10.8. The molecular formula is C7H14NO5P. The summed E-state index contributed by atoms with van der Waals surface area (Å²) in [4.78, 5) is 21.3. The molecule has 0 radical (unpaired) electrons. The fraction of sp³-hybridized carbons (Fsp3) is 0.857. The van der Waals surface area contributed by atoms with E-state index in [1.807, 2.05) is 0 Å². The molecule has 82 valence electrons. The van der Waals surface area contributed by atoms with Gasteiger partial charge in [0.05, 0.1) is 0 Å². The van der Waals surface area contributed by atoms with Crippen LogP contribution < -0.4 is 0 Å². The van der Waals surface area contributed by atoms with Crippen molar-refractivity contribution in [3.05, 3.63) is 0 Å². The van der Waals surface area contributed by atoms with Gasteiger partial charge in [-0.05, 0) is 18.8 Å². The van der Waals surface area contributed by atoms with Crippen LogP contribution in [0, 0.1) is 5.92 Å². The number of amides is 1. The average molecular weight is 223 g/mol.